The normalized spacial score (nSPS) is 20.5. The molecule has 1 unspecified atom stereocenters. The summed E-state index contributed by atoms with van der Waals surface area (Å²) in [5.41, 5.74) is 0. The molecule has 1 fully saturated rings. The molecule has 1 heterocycles. The molecule has 0 aromatic carbocycles. The molecule has 0 aromatic heterocycles. The lowest BCUT2D eigenvalue weighted by molar-refractivity contribution is -0.131. The van der Waals surface area contributed by atoms with Gasteiger partial charge in [0, 0.05) is 37.8 Å². The molecule has 7 nitrogen and oxygen atoms in total. The van der Waals surface area contributed by atoms with Gasteiger partial charge in [0.1, 0.15) is 0 Å². The third-order valence-corrected chi connectivity index (χ3v) is 3.07. The van der Waals surface area contributed by atoms with E-state index in [0.29, 0.717) is 19.2 Å². The summed E-state index contributed by atoms with van der Waals surface area (Å²) < 4.78 is 0. The van der Waals surface area contributed by atoms with Crippen molar-refractivity contribution in [3.63, 3.8) is 0 Å². The highest BCUT2D eigenvalue weighted by molar-refractivity contribution is 6.02. The van der Waals surface area contributed by atoms with Crippen LogP contribution in [0.5, 0.6) is 0 Å². The number of nitrogens with one attached hydrogen (secondary N) is 1. The van der Waals surface area contributed by atoms with Gasteiger partial charge in [-0.15, -0.1) is 0 Å². The van der Waals surface area contributed by atoms with Crippen LogP contribution in [0.1, 0.15) is 13.8 Å². The Labute approximate surface area is 111 Å². The van der Waals surface area contributed by atoms with Crippen LogP contribution in [-0.2, 0) is 9.59 Å². The van der Waals surface area contributed by atoms with Gasteiger partial charge in [-0.25, -0.2) is 9.59 Å². The number of hydrogen-bond acceptors (Lipinski definition) is 4. The van der Waals surface area contributed by atoms with Crippen LogP contribution in [0, 0.1) is 0 Å². The Morgan fingerprint density at radius 2 is 2.00 bits per heavy atom. The van der Waals surface area contributed by atoms with Gasteiger partial charge in [-0.2, -0.15) is 0 Å². The third kappa shape index (κ3) is 4.70. The molecule has 3 amide bonds. The number of carbonyl (C=O) groups excluding carboxylic acids is 2. The highest BCUT2D eigenvalue weighted by Crippen LogP contribution is 2.08. The molecule has 1 rings (SSSR count). The Balaban J connectivity index is 2.47. The van der Waals surface area contributed by atoms with Gasteiger partial charge in [0.25, 0.3) is 5.91 Å². The van der Waals surface area contributed by atoms with Crippen molar-refractivity contribution >= 4 is 17.9 Å². The zero-order valence-corrected chi connectivity index (χ0v) is 11.1. The van der Waals surface area contributed by atoms with Crippen molar-refractivity contribution in [1.29, 1.82) is 0 Å². The molecular weight excluding hydrogens is 250 g/mol. The van der Waals surface area contributed by atoms with Crippen LogP contribution in [0.2, 0.25) is 0 Å². The predicted molar refractivity (Wildman–Crippen MR) is 68.6 cm³/mol. The molecule has 1 atom stereocenters. The van der Waals surface area contributed by atoms with Crippen LogP contribution in [-0.4, -0.2) is 65.0 Å². The van der Waals surface area contributed by atoms with E-state index < -0.39 is 17.9 Å². The zero-order valence-electron chi connectivity index (χ0n) is 11.1. The Hall–Kier alpha value is -1.89. The molecular formula is C12H19N3O4. The number of urea groups is 1. The summed E-state index contributed by atoms with van der Waals surface area (Å²) in [4.78, 5) is 37.1. The number of likely N-dealkylation sites (N-methyl/N-ethyl adjacent to an activating group) is 1. The molecule has 19 heavy (non-hydrogen) atoms. The molecule has 0 aromatic rings. The van der Waals surface area contributed by atoms with Crippen LogP contribution in [0.15, 0.2) is 12.2 Å². The van der Waals surface area contributed by atoms with Crippen molar-refractivity contribution in [1.82, 2.24) is 15.1 Å². The lowest BCUT2D eigenvalue weighted by Gasteiger charge is -2.39. The molecule has 1 aliphatic rings. The number of piperazine rings is 1. The Kier molecular flexibility index (Phi) is 5.50. The van der Waals surface area contributed by atoms with Crippen molar-refractivity contribution in [3.05, 3.63) is 12.2 Å². The monoisotopic (exact) mass is 269 g/mol. The van der Waals surface area contributed by atoms with Gasteiger partial charge >= 0.3 is 12.0 Å². The molecule has 0 aliphatic carbocycles. The van der Waals surface area contributed by atoms with Crippen LogP contribution < -0.4 is 5.32 Å². The summed E-state index contributed by atoms with van der Waals surface area (Å²) in [6.07, 6.45) is 1.52. The van der Waals surface area contributed by atoms with E-state index in [4.69, 9.17) is 5.11 Å². The van der Waals surface area contributed by atoms with Crippen molar-refractivity contribution in [2.45, 2.75) is 19.9 Å². The highest BCUT2D eigenvalue weighted by atomic mass is 16.4. The number of carboxylic acid groups (broad SMARTS) is 1. The number of nitrogens with zero attached hydrogens (tertiary/aromatic N) is 2. The van der Waals surface area contributed by atoms with Gasteiger partial charge in [-0.05, 0) is 13.5 Å². The minimum atomic E-state index is -1.23. The number of carbonyl (C=O) groups is 3. The van der Waals surface area contributed by atoms with Crippen LogP contribution in [0.25, 0.3) is 0 Å². The molecule has 1 aliphatic heterocycles. The van der Waals surface area contributed by atoms with Crippen molar-refractivity contribution in [2.24, 2.45) is 0 Å². The van der Waals surface area contributed by atoms with Gasteiger partial charge in [-0.3, -0.25) is 15.0 Å². The lowest BCUT2D eigenvalue weighted by Crippen LogP contribution is -2.56. The summed E-state index contributed by atoms with van der Waals surface area (Å²) in [5, 5.41) is 10.5. The summed E-state index contributed by atoms with van der Waals surface area (Å²) in [7, 11) is 0. The van der Waals surface area contributed by atoms with Crippen LogP contribution >= 0.6 is 0 Å². The lowest BCUT2D eigenvalue weighted by atomic mass is 10.2. The summed E-state index contributed by atoms with van der Waals surface area (Å²) >= 11 is 0. The largest absolute Gasteiger partial charge is 0.478 e. The average molecular weight is 269 g/mol. The van der Waals surface area contributed by atoms with Crippen LogP contribution in [0.3, 0.4) is 0 Å². The number of carboxylic acids is 1. The average Bonchev–Trinajstić information content (AvgIpc) is 2.36. The first-order chi connectivity index (χ1) is 8.93. The van der Waals surface area contributed by atoms with Gasteiger partial charge in [0.05, 0.1) is 0 Å². The molecule has 106 valence electrons. The first-order valence-electron chi connectivity index (χ1n) is 6.19. The van der Waals surface area contributed by atoms with E-state index in [2.05, 4.69) is 17.1 Å². The van der Waals surface area contributed by atoms with Crippen molar-refractivity contribution in [3.8, 4) is 0 Å². The first kappa shape index (κ1) is 15.2. The molecule has 1 saturated heterocycles. The van der Waals surface area contributed by atoms with Crippen molar-refractivity contribution < 1.29 is 19.5 Å². The number of amides is 3. The number of imide groups is 1. The number of aliphatic carboxylic acids is 1. The van der Waals surface area contributed by atoms with E-state index in [1.54, 1.807) is 4.90 Å². The smallest absolute Gasteiger partial charge is 0.328 e. The molecule has 0 bridgehead atoms. The fourth-order valence-electron chi connectivity index (χ4n) is 2.02. The SMILES string of the molecule is CCN1CCN(C(=O)NC(=O)/C=C/C(=O)O)CC1C. The van der Waals surface area contributed by atoms with Crippen molar-refractivity contribution in [2.75, 3.05) is 26.2 Å². The Morgan fingerprint density at radius 1 is 1.32 bits per heavy atom. The molecule has 2 N–H and O–H groups in total. The van der Waals surface area contributed by atoms with E-state index in [1.807, 2.05) is 6.92 Å². The van der Waals surface area contributed by atoms with E-state index >= 15 is 0 Å². The van der Waals surface area contributed by atoms with E-state index in [0.717, 1.165) is 19.2 Å². The minimum Gasteiger partial charge on any atom is -0.478 e. The van der Waals surface area contributed by atoms with E-state index in [9.17, 15) is 14.4 Å². The second-order valence-corrected chi connectivity index (χ2v) is 4.39. The molecule has 0 spiro atoms. The second kappa shape index (κ2) is 6.89. The highest BCUT2D eigenvalue weighted by Gasteiger charge is 2.26. The fourth-order valence-corrected chi connectivity index (χ4v) is 2.02. The quantitative estimate of drug-likeness (QED) is 0.698. The minimum absolute atomic E-state index is 0.245. The van der Waals surface area contributed by atoms with Gasteiger partial charge in [0.2, 0.25) is 0 Å². The third-order valence-electron chi connectivity index (χ3n) is 3.07. The topological polar surface area (TPSA) is 90.0 Å². The Bertz CT molecular complexity index is 394. The van der Waals surface area contributed by atoms with Gasteiger partial charge in [0.15, 0.2) is 0 Å². The number of rotatable bonds is 3. The fraction of sp³-hybridized carbons (Fsp3) is 0.583. The zero-order chi connectivity index (χ0) is 14.4. The molecule has 7 heteroatoms. The van der Waals surface area contributed by atoms with E-state index in [-0.39, 0.29) is 6.04 Å². The molecule has 0 radical (unpaired) electrons. The standard InChI is InChI=1S/C12H19N3O4/c1-3-14-6-7-15(8-9(14)2)12(19)13-10(16)4-5-11(17)18/h4-5,9H,3,6-8H2,1-2H3,(H,17,18)(H,13,16,19)/b5-4+. The maximum Gasteiger partial charge on any atom is 0.328 e. The number of hydrogen-bond donors (Lipinski definition) is 2. The summed E-state index contributed by atoms with van der Waals surface area (Å²) in [6.45, 7) is 6.89. The summed E-state index contributed by atoms with van der Waals surface area (Å²) in [5.74, 6) is -1.95. The second-order valence-electron chi connectivity index (χ2n) is 4.39. The van der Waals surface area contributed by atoms with E-state index in [1.165, 1.54) is 0 Å². The molecule has 0 saturated carbocycles. The summed E-state index contributed by atoms with van der Waals surface area (Å²) in [6, 6.07) is -0.239. The maximum atomic E-state index is 11.8. The predicted octanol–water partition coefficient (Wildman–Crippen LogP) is -0.111. The maximum absolute atomic E-state index is 11.8. The van der Waals surface area contributed by atoms with Gasteiger partial charge in [-0.1, -0.05) is 6.92 Å². The van der Waals surface area contributed by atoms with Gasteiger partial charge < -0.3 is 10.0 Å². The Morgan fingerprint density at radius 3 is 2.53 bits per heavy atom. The van der Waals surface area contributed by atoms with Crippen LogP contribution in [0.4, 0.5) is 4.79 Å². The first-order valence-corrected chi connectivity index (χ1v) is 6.19.